The Kier molecular flexibility index (Phi) is 3.23. The number of sulfonamides is 1. The minimum atomic E-state index is -3.75. The molecule has 0 amide bonds. The summed E-state index contributed by atoms with van der Waals surface area (Å²) < 4.78 is 29.2. The van der Waals surface area contributed by atoms with Crippen molar-refractivity contribution in [3.8, 4) is 0 Å². The Hall–Kier alpha value is -1.90. The summed E-state index contributed by atoms with van der Waals surface area (Å²) in [4.78, 5) is 1.22. The molecule has 3 rings (SSSR count). The zero-order valence-electron chi connectivity index (χ0n) is 12.2. The molecule has 1 aliphatic carbocycles. The summed E-state index contributed by atoms with van der Waals surface area (Å²) in [6.45, 7) is 3.95. The van der Waals surface area contributed by atoms with Crippen LogP contribution in [0.5, 0.6) is 0 Å². The van der Waals surface area contributed by atoms with Gasteiger partial charge in [0.25, 0.3) is 10.0 Å². The molecule has 2 aromatic heterocycles. The van der Waals surface area contributed by atoms with Crippen molar-refractivity contribution in [3.63, 3.8) is 0 Å². The molecule has 0 saturated heterocycles. The molecule has 21 heavy (non-hydrogen) atoms. The fraction of sp³-hybridized carbons (Fsp3) is 0.583. The number of hydrogen-bond acceptors (Lipinski definition) is 5. The summed E-state index contributed by atoms with van der Waals surface area (Å²) >= 11 is 0. The average Bonchev–Trinajstić information content (AvgIpc) is 3.06. The molecule has 2 aromatic rings. The third kappa shape index (κ3) is 2.41. The van der Waals surface area contributed by atoms with Gasteiger partial charge in [-0.15, -0.1) is 5.10 Å². The standard InChI is InChI=1S/C12H18N6O2S/c1-8(2)18-12(9-5-4-6-10(9)14-18)16-21(19,20)11-7-13-17(3)15-11/h7-8,16H,4-6H2,1-3H3. The lowest BCUT2D eigenvalue weighted by molar-refractivity contribution is 0.530. The number of nitrogens with one attached hydrogen (secondary N) is 1. The molecule has 114 valence electrons. The molecule has 0 saturated carbocycles. The van der Waals surface area contributed by atoms with Crippen molar-refractivity contribution in [3.05, 3.63) is 17.5 Å². The first-order valence-electron chi connectivity index (χ1n) is 6.88. The normalized spacial score (nSPS) is 14.7. The number of aromatic nitrogens is 5. The zero-order chi connectivity index (χ0) is 15.2. The third-order valence-electron chi connectivity index (χ3n) is 3.51. The van der Waals surface area contributed by atoms with Crippen LogP contribution in [0.15, 0.2) is 11.2 Å². The molecule has 2 heterocycles. The highest BCUT2D eigenvalue weighted by Gasteiger charge is 2.28. The van der Waals surface area contributed by atoms with Crippen molar-refractivity contribution < 1.29 is 8.42 Å². The van der Waals surface area contributed by atoms with Gasteiger partial charge in [-0.05, 0) is 33.1 Å². The Morgan fingerprint density at radius 2 is 2.05 bits per heavy atom. The summed E-state index contributed by atoms with van der Waals surface area (Å²) in [7, 11) is -2.17. The number of aryl methyl sites for hydroxylation is 2. The van der Waals surface area contributed by atoms with E-state index in [0.717, 1.165) is 30.5 Å². The van der Waals surface area contributed by atoms with E-state index in [4.69, 9.17) is 0 Å². The number of rotatable bonds is 4. The van der Waals surface area contributed by atoms with Gasteiger partial charge < -0.3 is 0 Å². The molecule has 0 spiro atoms. The van der Waals surface area contributed by atoms with Gasteiger partial charge in [-0.2, -0.15) is 23.4 Å². The highest BCUT2D eigenvalue weighted by atomic mass is 32.2. The second-order valence-corrected chi connectivity index (χ2v) is 7.07. The Balaban J connectivity index is 2.02. The van der Waals surface area contributed by atoms with Crippen LogP contribution < -0.4 is 4.72 Å². The molecule has 0 bridgehead atoms. The maximum Gasteiger partial charge on any atom is 0.284 e. The monoisotopic (exact) mass is 310 g/mol. The molecule has 1 N–H and O–H groups in total. The lowest BCUT2D eigenvalue weighted by atomic mass is 10.2. The van der Waals surface area contributed by atoms with Crippen LogP contribution in [0, 0.1) is 0 Å². The molecule has 0 aromatic carbocycles. The second-order valence-electron chi connectivity index (χ2n) is 5.44. The van der Waals surface area contributed by atoms with Crippen molar-refractivity contribution >= 4 is 15.8 Å². The number of anilines is 1. The fourth-order valence-electron chi connectivity index (χ4n) is 2.52. The van der Waals surface area contributed by atoms with Gasteiger partial charge in [0, 0.05) is 18.7 Å². The number of fused-ring (bicyclic) bond motifs is 1. The van der Waals surface area contributed by atoms with Crippen LogP contribution in [-0.2, 0) is 29.9 Å². The lowest BCUT2D eigenvalue weighted by Crippen LogP contribution is -2.19. The largest absolute Gasteiger partial charge is 0.284 e. The maximum atomic E-state index is 12.4. The maximum absolute atomic E-state index is 12.4. The van der Waals surface area contributed by atoms with Crippen LogP contribution in [0.25, 0.3) is 0 Å². The highest BCUT2D eigenvalue weighted by Crippen LogP contribution is 2.31. The van der Waals surface area contributed by atoms with Gasteiger partial charge in [-0.1, -0.05) is 0 Å². The first-order chi connectivity index (χ1) is 9.88. The van der Waals surface area contributed by atoms with E-state index in [1.54, 1.807) is 11.7 Å². The predicted octanol–water partition coefficient (Wildman–Crippen LogP) is 0.882. The minimum Gasteiger partial charge on any atom is -0.262 e. The van der Waals surface area contributed by atoms with Crippen LogP contribution in [0.1, 0.15) is 37.6 Å². The van der Waals surface area contributed by atoms with E-state index >= 15 is 0 Å². The van der Waals surface area contributed by atoms with Gasteiger partial charge >= 0.3 is 0 Å². The van der Waals surface area contributed by atoms with Crippen molar-refractivity contribution in [2.24, 2.45) is 7.05 Å². The summed E-state index contributed by atoms with van der Waals surface area (Å²) in [5, 5.41) is 12.1. The van der Waals surface area contributed by atoms with Crippen LogP contribution in [0.2, 0.25) is 0 Å². The minimum absolute atomic E-state index is 0.0788. The smallest absolute Gasteiger partial charge is 0.262 e. The lowest BCUT2D eigenvalue weighted by Gasteiger charge is -2.13. The fourth-order valence-corrected chi connectivity index (χ4v) is 3.51. The van der Waals surface area contributed by atoms with Crippen LogP contribution in [-0.4, -0.2) is 33.2 Å². The molecule has 1 aliphatic rings. The Bertz CT molecular complexity index is 774. The molecule has 0 radical (unpaired) electrons. The molecule has 0 unspecified atom stereocenters. The Labute approximate surface area is 123 Å². The first kappa shape index (κ1) is 14.1. The van der Waals surface area contributed by atoms with E-state index in [0.29, 0.717) is 5.82 Å². The molecular weight excluding hydrogens is 292 g/mol. The molecule has 0 fully saturated rings. The first-order valence-corrected chi connectivity index (χ1v) is 8.36. The van der Waals surface area contributed by atoms with Crippen molar-refractivity contribution in [1.82, 2.24) is 24.8 Å². The summed E-state index contributed by atoms with van der Waals surface area (Å²) in [6, 6.07) is 0.0788. The van der Waals surface area contributed by atoms with E-state index in [-0.39, 0.29) is 11.1 Å². The quantitative estimate of drug-likeness (QED) is 0.904. The van der Waals surface area contributed by atoms with Crippen LogP contribution >= 0.6 is 0 Å². The van der Waals surface area contributed by atoms with Gasteiger partial charge in [-0.25, -0.2) is 4.68 Å². The van der Waals surface area contributed by atoms with Crippen molar-refractivity contribution in [2.45, 2.75) is 44.2 Å². The second kappa shape index (κ2) is 4.83. The van der Waals surface area contributed by atoms with Crippen molar-refractivity contribution in [2.75, 3.05) is 4.72 Å². The third-order valence-corrected chi connectivity index (χ3v) is 4.71. The van der Waals surface area contributed by atoms with E-state index in [1.165, 1.54) is 11.0 Å². The van der Waals surface area contributed by atoms with E-state index in [1.807, 2.05) is 13.8 Å². The Morgan fingerprint density at radius 3 is 2.67 bits per heavy atom. The summed E-state index contributed by atoms with van der Waals surface area (Å²) in [5.41, 5.74) is 1.98. The zero-order valence-corrected chi connectivity index (χ0v) is 13.1. The average molecular weight is 310 g/mol. The molecule has 0 aliphatic heterocycles. The topological polar surface area (TPSA) is 94.7 Å². The highest BCUT2D eigenvalue weighted by molar-refractivity contribution is 7.92. The molecule has 9 heteroatoms. The molecular formula is C12H18N6O2S. The number of nitrogens with zero attached hydrogens (tertiary/aromatic N) is 5. The van der Waals surface area contributed by atoms with Crippen LogP contribution in [0.3, 0.4) is 0 Å². The summed E-state index contributed by atoms with van der Waals surface area (Å²) in [6.07, 6.45) is 3.99. The van der Waals surface area contributed by atoms with Gasteiger partial charge in [0.05, 0.1) is 11.9 Å². The van der Waals surface area contributed by atoms with E-state index < -0.39 is 10.0 Å². The molecule has 8 nitrogen and oxygen atoms in total. The molecule has 0 atom stereocenters. The summed E-state index contributed by atoms with van der Waals surface area (Å²) in [5.74, 6) is 0.558. The predicted molar refractivity (Wildman–Crippen MR) is 76.4 cm³/mol. The SMILES string of the molecule is CC(C)n1nc2c(c1NS(=O)(=O)c1cnn(C)n1)CCC2. The van der Waals surface area contributed by atoms with Crippen molar-refractivity contribution in [1.29, 1.82) is 0 Å². The van der Waals surface area contributed by atoms with Crippen LogP contribution in [0.4, 0.5) is 5.82 Å². The van der Waals surface area contributed by atoms with Gasteiger partial charge in [0.2, 0.25) is 5.03 Å². The Morgan fingerprint density at radius 1 is 1.29 bits per heavy atom. The van der Waals surface area contributed by atoms with E-state index in [2.05, 4.69) is 20.0 Å². The van der Waals surface area contributed by atoms with E-state index in [9.17, 15) is 8.42 Å². The number of hydrogen-bond donors (Lipinski definition) is 1. The van der Waals surface area contributed by atoms with Gasteiger partial charge in [0.1, 0.15) is 5.82 Å². The van der Waals surface area contributed by atoms with Gasteiger partial charge in [-0.3, -0.25) is 4.72 Å². The van der Waals surface area contributed by atoms with Gasteiger partial charge in [0.15, 0.2) is 0 Å².